The van der Waals surface area contributed by atoms with Gasteiger partial charge in [0.15, 0.2) is 6.10 Å². The molecule has 0 spiro atoms. The van der Waals surface area contributed by atoms with E-state index in [4.69, 9.17) is 11.6 Å². The Labute approximate surface area is 118 Å². The van der Waals surface area contributed by atoms with Gasteiger partial charge in [-0.25, -0.2) is 4.39 Å². The first-order valence-electron chi connectivity index (χ1n) is 5.60. The number of carbonyl (C=O) groups excluding carboxylic acids is 1. The molecule has 20 heavy (non-hydrogen) atoms. The van der Waals surface area contributed by atoms with Gasteiger partial charge in [-0.1, -0.05) is 17.7 Å². The number of benzene rings is 1. The molecule has 0 aliphatic heterocycles. The van der Waals surface area contributed by atoms with Gasteiger partial charge in [-0.05, 0) is 12.1 Å². The summed E-state index contributed by atoms with van der Waals surface area (Å²) in [6.07, 6.45) is 0.921. The number of amides is 1. The number of rotatable bonds is 3. The van der Waals surface area contributed by atoms with Crippen LogP contribution in [0.3, 0.4) is 0 Å². The van der Waals surface area contributed by atoms with Gasteiger partial charge >= 0.3 is 0 Å². The summed E-state index contributed by atoms with van der Waals surface area (Å²) in [6, 6.07) is 4.76. The highest BCUT2D eigenvalue weighted by atomic mass is 35.5. The van der Waals surface area contributed by atoms with Gasteiger partial charge in [0.1, 0.15) is 11.5 Å². The summed E-state index contributed by atoms with van der Waals surface area (Å²) in [5.41, 5.74) is -0.689. The summed E-state index contributed by atoms with van der Waals surface area (Å²) in [4.78, 5) is 25.8. The SMILES string of the molecule is O=C(Nc1c[nH]ccc1=O)C(O)c1ccc(Cl)cc1F. The van der Waals surface area contributed by atoms with Crippen LogP contribution in [0.15, 0.2) is 41.5 Å². The van der Waals surface area contributed by atoms with Crippen LogP contribution in [0.1, 0.15) is 11.7 Å². The fourth-order valence-electron chi connectivity index (χ4n) is 1.58. The molecule has 1 heterocycles. The average molecular weight is 297 g/mol. The number of aliphatic hydroxyl groups excluding tert-OH is 1. The molecular weight excluding hydrogens is 287 g/mol. The van der Waals surface area contributed by atoms with Crippen molar-refractivity contribution in [2.45, 2.75) is 6.10 Å². The first-order valence-corrected chi connectivity index (χ1v) is 5.98. The van der Waals surface area contributed by atoms with Crippen molar-refractivity contribution in [1.29, 1.82) is 0 Å². The minimum absolute atomic E-state index is 0.0362. The van der Waals surface area contributed by atoms with Crippen molar-refractivity contribution in [3.8, 4) is 0 Å². The van der Waals surface area contributed by atoms with Gasteiger partial charge in [-0.2, -0.15) is 0 Å². The molecule has 1 aromatic carbocycles. The molecule has 5 nitrogen and oxygen atoms in total. The lowest BCUT2D eigenvalue weighted by molar-refractivity contribution is -0.124. The highest BCUT2D eigenvalue weighted by Crippen LogP contribution is 2.21. The summed E-state index contributed by atoms with van der Waals surface area (Å²) in [6.45, 7) is 0. The van der Waals surface area contributed by atoms with Crippen molar-refractivity contribution in [3.05, 3.63) is 63.3 Å². The summed E-state index contributed by atoms with van der Waals surface area (Å²) in [5, 5.41) is 12.2. The normalized spacial score (nSPS) is 11.9. The standard InChI is InChI=1S/C13H10ClFN2O3/c14-7-1-2-8(9(15)5-7)12(19)13(20)17-10-6-16-4-3-11(10)18/h1-6,12,19H,(H,16,18)(H,17,20). The average Bonchev–Trinajstić information content (AvgIpc) is 2.40. The van der Waals surface area contributed by atoms with Crippen molar-refractivity contribution in [1.82, 2.24) is 4.98 Å². The Morgan fingerprint density at radius 3 is 2.80 bits per heavy atom. The van der Waals surface area contributed by atoms with Crippen molar-refractivity contribution in [2.75, 3.05) is 5.32 Å². The molecule has 0 saturated heterocycles. The highest BCUT2D eigenvalue weighted by molar-refractivity contribution is 6.30. The number of carbonyl (C=O) groups is 1. The number of aromatic nitrogens is 1. The van der Waals surface area contributed by atoms with E-state index in [1.54, 1.807) is 0 Å². The highest BCUT2D eigenvalue weighted by Gasteiger charge is 2.21. The molecule has 2 rings (SSSR count). The fourth-order valence-corrected chi connectivity index (χ4v) is 1.74. The summed E-state index contributed by atoms with van der Waals surface area (Å²) in [5.74, 6) is -1.72. The summed E-state index contributed by atoms with van der Waals surface area (Å²) >= 11 is 5.58. The van der Waals surface area contributed by atoms with Crippen molar-refractivity contribution in [3.63, 3.8) is 0 Å². The molecule has 1 amide bonds. The van der Waals surface area contributed by atoms with Gasteiger partial charge in [0, 0.05) is 29.0 Å². The molecule has 0 fully saturated rings. The maximum atomic E-state index is 13.6. The third-order valence-corrected chi connectivity index (χ3v) is 2.82. The smallest absolute Gasteiger partial charge is 0.258 e. The molecule has 0 aliphatic carbocycles. The molecule has 2 aromatic rings. The van der Waals surface area contributed by atoms with E-state index in [0.29, 0.717) is 0 Å². The quantitative estimate of drug-likeness (QED) is 0.808. The number of nitrogens with one attached hydrogen (secondary N) is 2. The number of anilines is 1. The van der Waals surface area contributed by atoms with Crippen molar-refractivity contribution >= 4 is 23.2 Å². The van der Waals surface area contributed by atoms with Crippen LogP contribution in [-0.4, -0.2) is 16.0 Å². The van der Waals surface area contributed by atoms with Gasteiger partial charge < -0.3 is 15.4 Å². The van der Waals surface area contributed by atoms with Crippen molar-refractivity contribution < 1.29 is 14.3 Å². The minimum Gasteiger partial charge on any atom is -0.378 e. The lowest BCUT2D eigenvalue weighted by atomic mass is 10.1. The zero-order chi connectivity index (χ0) is 14.7. The van der Waals surface area contributed by atoms with Gasteiger partial charge in [-0.15, -0.1) is 0 Å². The van der Waals surface area contributed by atoms with E-state index in [2.05, 4.69) is 10.3 Å². The van der Waals surface area contributed by atoms with Crippen molar-refractivity contribution in [2.24, 2.45) is 0 Å². The first-order chi connectivity index (χ1) is 9.49. The van der Waals surface area contributed by atoms with Gasteiger partial charge in [-0.3, -0.25) is 9.59 Å². The molecule has 7 heteroatoms. The van der Waals surface area contributed by atoms with Crippen LogP contribution < -0.4 is 10.7 Å². The molecule has 0 bridgehead atoms. The summed E-state index contributed by atoms with van der Waals surface area (Å²) < 4.78 is 13.6. The number of pyridine rings is 1. The predicted molar refractivity (Wildman–Crippen MR) is 72.1 cm³/mol. The Bertz CT molecular complexity index is 702. The Kier molecular flexibility index (Phi) is 4.16. The summed E-state index contributed by atoms with van der Waals surface area (Å²) in [7, 11) is 0. The molecule has 0 radical (unpaired) electrons. The minimum atomic E-state index is -1.74. The Morgan fingerprint density at radius 1 is 1.40 bits per heavy atom. The number of hydrogen-bond acceptors (Lipinski definition) is 3. The van der Waals surface area contributed by atoms with Gasteiger partial charge in [0.05, 0.1) is 0 Å². The molecule has 1 unspecified atom stereocenters. The second-order valence-corrected chi connectivity index (χ2v) is 4.42. The maximum Gasteiger partial charge on any atom is 0.258 e. The molecule has 0 aliphatic rings. The van der Waals surface area contributed by atoms with Crippen LogP contribution in [0, 0.1) is 5.82 Å². The first kappa shape index (κ1) is 14.2. The maximum absolute atomic E-state index is 13.6. The van der Waals surface area contributed by atoms with E-state index < -0.39 is 23.3 Å². The Morgan fingerprint density at radius 2 is 2.15 bits per heavy atom. The number of aromatic amines is 1. The van der Waals surface area contributed by atoms with E-state index in [-0.39, 0.29) is 16.3 Å². The Hall–Kier alpha value is -2.18. The van der Waals surface area contributed by atoms with Gasteiger partial charge in [0.25, 0.3) is 5.91 Å². The zero-order valence-electron chi connectivity index (χ0n) is 10.1. The zero-order valence-corrected chi connectivity index (χ0v) is 10.8. The van der Waals surface area contributed by atoms with E-state index in [0.717, 1.165) is 6.07 Å². The van der Waals surface area contributed by atoms with E-state index in [1.165, 1.54) is 30.6 Å². The number of halogens is 2. The topological polar surface area (TPSA) is 82.2 Å². The van der Waals surface area contributed by atoms with Crippen LogP contribution in [-0.2, 0) is 4.79 Å². The second kappa shape index (κ2) is 5.85. The third-order valence-electron chi connectivity index (χ3n) is 2.59. The fraction of sp³-hybridized carbons (Fsp3) is 0.0769. The monoisotopic (exact) mass is 296 g/mol. The molecule has 1 atom stereocenters. The van der Waals surface area contributed by atoms with Crippen LogP contribution in [0.2, 0.25) is 5.02 Å². The molecule has 1 aromatic heterocycles. The van der Waals surface area contributed by atoms with Crippen LogP contribution in [0.5, 0.6) is 0 Å². The van der Waals surface area contributed by atoms with Crippen LogP contribution >= 0.6 is 11.6 Å². The van der Waals surface area contributed by atoms with Crippen LogP contribution in [0.4, 0.5) is 10.1 Å². The second-order valence-electron chi connectivity index (χ2n) is 3.98. The molecular formula is C13H10ClFN2O3. The van der Waals surface area contributed by atoms with E-state index in [9.17, 15) is 19.1 Å². The molecule has 3 N–H and O–H groups in total. The molecule has 104 valence electrons. The van der Waals surface area contributed by atoms with E-state index >= 15 is 0 Å². The molecule has 0 saturated carbocycles. The Balaban J connectivity index is 2.21. The largest absolute Gasteiger partial charge is 0.378 e. The van der Waals surface area contributed by atoms with E-state index in [1.807, 2.05) is 0 Å². The van der Waals surface area contributed by atoms with Gasteiger partial charge in [0.2, 0.25) is 5.43 Å². The van der Waals surface area contributed by atoms with Crippen LogP contribution in [0.25, 0.3) is 0 Å². The number of H-pyrrole nitrogens is 1. The number of aliphatic hydroxyl groups is 1. The lowest BCUT2D eigenvalue weighted by Gasteiger charge is -2.12. The lowest BCUT2D eigenvalue weighted by Crippen LogP contribution is -2.24. The predicted octanol–water partition coefficient (Wildman–Crippen LogP) is 1.84. The number of hydrogen-bond donors (Lipinski definition) is 3. The third kappa shape index (κ3) is 3.04.